The molecule has 3 aliphatic rings. The molecule has 0 spiro atoms. The fourth-order valence-corrected chi connectivity index (χ4v) is 5.82. The van der Waals surface area contributed by atoms with E-state index in [1.165, 1.54) is 51.6 Å². The van der Waals surface area contributed by atoms with E-state index < -0.39 is 0 Å². The summed E-state index contributed by atoms with van der Waals surface area (Å²) in [4.78, 5) is 16.6. The fraction of sp³-hybridized carbons (Fsp3) is 0.680. The summed E-state index contributed by atoms with van der Waals surface area (Å²) in [7, 11) is 1.69. The zero-order valence-electron chi connectivity index (χ0n) is 19.8. The van der Waals surface area contributed by atoms with Gasteiger partial charge in [-0.15, -0.1) is 0 Å². The average molecular weight is 474 g/mol. The topological polar surface area (TPSA) is 54.0 Å². The molecule has 0 bridgehead atoms. The first-order chi connectivity index (χ1) is 16.2. The highest BCUT2D eigenvalue weighted by Gasteiger charge is 2.28. The van der Waals surface area contributed by atoms with Crippen molar-refractivity contribution >= 4 is 28.3 Å². The van der Waals surface area contributed by atoms with Gasteiger partial charge in [-0.05, 0) is 62.9 Å². The van der Waals surface area contributed by atoms with E-state index in [9.17, 15) is 0 Å². The van der Waals surface area contributed by atoms with E-state index in [0.717, 1.165) is 73.4 Å². The number of methoxy groups -OCH3 is 1. The van der Waals surface area contributed by atoms with Crippen LogP contribution < -0.4 is 14.4 Å². The second kappa shape index (κ2) is 10.6. The van der Waals surface area contributed by atoms with Gasteiger partial charge in [-0.2, -0.15) is 4.98 Å². The summed E-state index contributed by atoms with van der Waals surface area (Å²) in [6, 6.07) is 4.74. The van der Waals surface area contributed by atoms with Crippen molar-refractivity contribution in [2.45, 2.75) is 51.0 Å². The number of ether oxygens (including phenoxy) is 2. The van der Waals surface area contributed by atoms with Gasteiger partial charge in [0.15, 0.2) is 11.5 Å². The number of nitrogens with zero attached hydrogens (tertiary/aromatic N) is 5. The van der Waals surface area contributed by atoms with Crippen molar-refractivity contribution in [3.63, 3.8) is 0 Å². The lowest BCUT2D eigenvalue weighted by Crippen LogP contribution is -2.50. The highest BCUT2D eigenvalue weighted by molar-refractivity contribution is 6.28. The number of fused-ring (bicyclic) bond motifs is 1. The van der Waals surface area contributed by atoms with Crippen molar-refractivity contribution in [3.8, 4) is 11.5 Å². The maximum Gasteiger partial charge on any atom is 0.224 e. The van der Waals surface area contributed by atoms with Gasteiger partial charge in [0.25, 0.3) is 0 Å². The van der Waals surface area contributed by atoms with Gasteiger partial charge in [0, 0.05) is 50.2 Å². The molecule has 1 aromatic heterocycles. The van der Waals surface area contributed by atoms with Crippen LogP contribution in [0.1, 0.15) is 44.9 Å². The number of likely N-dealkylation sites (tertiary alicyclic amines) is 1. The van der Waals surface area contributed by atoms with Crippen molar-refractivity contribution in [2.24, 2.45) is 0 Å². The predicted octanol–water partition coefficient (Wildman–Crippen LogP) is 4.22. The molecule has 3 fully saturated rings. The molecular formula is C25H36ClN5O2. The molecule has 2 aromatic rings. The maximum atomic E-state index is 6.36. The Morgan fingerprint density at radius 1 is 0.939 bits per heavy atom. The van der Waals surface area contributed by atoms with Gasteiger partial charge in [0.05, 0.1) is 19.2 Å². The standard InChI is InChI=1S/C25H36ClN5O2/c1-32-22-17-20-21(18-23(22)33-16-6-11-29-9-4-5-10-29)27-25(26)28-24(20)31-14-12-30(13-15-31)19-7-2-3-8-19/h17-19H,2-16H2,1H3. The van der Waals surface area contributed by atoms with Gasteiger partial charge in [0.1, 0.15) is 5.82 Å². The first kappa shape index (κ1) is 22.9. The number of anilines is 1. The number of aromatic nitrogens is 2. The minimum absolute atomic E-state index is 0.279. The Hall–Kier alpha value is -1.83. The number of benzene rings is 1. The molecule has 1 saturated carbocycles. The number of hydrogen-bond donors (Lipinski definition) is 0. The van der Waals surface area contributed by atoms with Crippen LogP contribution in [0.15, 0.2) is 12.1 Å². The molecule has 2 aliphatic heterocycles. The van der Waals surface area contributed by atoms with Gasteiger partial charge >= 0.3 is 0 Å². The van der Waals surface area contributed by atoms with Gasteiger partial charge in [0.2, 0.25) is 5.28 Å². The molecule has 3 heterocycles. The molecule has 2 saturated heterocycles. The molecule has 5 rings (SSSR count). The third kappa shape index (κ3) is 5.31. The van der Waals surface area contributed by atoms with Crippen LogP contribution in [0, 0.1) is 0 Å². The highest BCUT2D eigenvalue weighted by Crippen LogP contribution is 2.36. The molecule has 180 valence electrons. The molecule has 0 unspecified atom stereocenters. The monoisotopic (exact) mass is 473 g/mol. The van der Waals surface area contributed by atoms with Crippen LogP contribution in [-0.2, 0) is 0 Å². The SMILES string of the molecule is COc1cc2c(N3CCN(C4CCCC4)CC3)nc(Cl)nc2cc1OCCCN1CCCC1. The summed E-state index contributed by atoms with van der Waals surface area (Å²) in [5, 5.41) is 1.25. The lowest BCUT2D eigenvalue weighted by Gasteiger charge is -2.38. The molecule has 1 aliphatic carbocycles. The number of piperazine rings is 1. The molecule has 8 heteroatoms. The van der Waals surface area contributed by atoms with E-state index in [1.807, 2.05) is 12.1 Å². The van der Waals surface area contributed by atoms with Crippen molar-refractivity contribution in [1.29, 1.82) is 0 Å². The minimum atomic E-state index is 0.279. The second-order valence-corrected chi connectivity index (χ2v) is 9.89. The Bertz CT molecular complexity index is 938. The molecule has 0 radical (unpaired) electrons. The molecule has 0 amide bonds. The largest absolute Gasteiger partial charge is 0.493 e. The molecule has 33 heavy (non-hydrogen) atoms. The quantitative estimate of drug-likeness (QED) is 0.420. The number of hydrogen-bond acceptors (Lipinski definition) is 7. The zero-order chi connectivity index (χ0) is 22.6. The van der Waals surface area contributed by atoms with Crippen molar-refractivity contribution < 1.29 is 9.47 Å². The molecule has 0 atom stereocenters. The van der Waals surface area contributed by atoms with Crippen LogP contribution in [0.2, 0.25) is 5.28 Å². The molecule has 0 N–H and O–H groups in total. The van der Waals surface area contributed by atoms with E-state index in [2.05, 4.69) is 24.7 Å². The predicted molar refractivity (Wildman–Crippen MR) is 133 cm³/mol. The summed E-state index contributed by atoms with van der Waals surface area (Å²) in [6.07, 6.45) is 9.08. The number of rotatable bonds is 8. The van der Waals surface area contributed by atoms with Crippen LogP contribution in [-0.4, -0.2) is 85.3 Å². The van der Waals surface area contributed by atoms with Crippen molar-refractivity contribution in [1.82, 2.24) is 19.8 Å². The fourth-order valence-electron chi connectivity index (χ4n) is 5.65. The Labute approximate surface area is 202 Å². The normalized spacial score (nSPS) is 20.7. The molecular weight excluding hydrogens is 438 g/mol. The summed E-state index contributed by atoms with van der Waals surface area (Å²) in [5.74, 6) is 2.34. The Morgan fingerprint density at radius 3 is 2.42 bits per heavy atom. The summed E-state index contributed by atoms with van der Waals surface area (Å²) < 4.78 is 11.8. The third-order valence-corrected chi connectivity index (χ3v) is 7.63. The van der Waals surface area contributed by atoms with Crippen LogP contribution in [0.5, 0.6) is 11.5 Å². The van der Waals surface area contributed by atoms with Crippen LogP contribution in [0.3, 0.4) is 0 Å². The lowest BCUT2D eigenvalue weighted by atomic mass is 10.1. The summed E-state index contributed by atoms with van der Waals surface area (Å²) in [5.41, 5.74) is 0.804. The summed E-state index contributed by atoms with van der Waals surface area (Å²) >= 11 is 6.36. The first-order valence-electron chi connectivity index (χ1n) is 12.6. The van der Waals surface area contributed by atoms with Crippen LogP contribution >= 0.6 is 11.6 Å². The van der Waals surface area contributed by atoms with Gasteiger partial charge in [-0.1, -0.05) is 12.8 Å². The maximum absolute atomic E-state index is 6.36. The molecule has 7 nitrogen and oxygen atoms in total. The van der Waals surface area contributed by atoms with Gasteiger partial charge in [-0.3, -0.25) is 4.90 Å². The lowest BCUT2D eigenvalue weighted by molar-refractivity contribution is 0.187. The van der Waals surface area contributed by atoms with Crippen LogP contribution in [0.4, 0.5) is 5.82 Å². The Balaban J connectivity index is 1.30. The van der Waals surface area contributed by atoms with E-state index >= 15 is 0 Å². The second-order valence-electron chi connectivity index (χ2n) is 9.55. The van der Waals surface area contributed by atoms with E-state index in [0.29, 0.717) is 6.61 Å². The van der Waals surface area contributed by atoms with Crippen molar-refractivity contribution in [2.75, 3.05) is 64.4 Å². The van der Waals surface area contributed by atoms with E-state index in [-0.39, 0.29) is 5.28 Å². The average Bonchev–Trinajstić information content (AvgIpc) is 3.55. The molecule has 1 aromatic carbocycles. The Kier molecular flexibility index (Phi) is 7.38. The zero-order valence-corrected chi connectivity index (χ0v) is 20.5. The highest BCUT2D eigenvalue weighted by atomic mass is 35.5. The van der Waals surface area contributed by atoms with Gasteiger partial charge < -0.3 is 19.3 Å². The van der Waals surface area contributed by atoms with E-state index in [4.69, 9.17) is 21.1 Å². The first-order valence-corrected chi connectivity index (χ1v) is 13.0. The van der Waals surface area contributed by atoms with Crippen molar-refractivity contribution in [3.05, 3.63) is 17.4 Å². The third-order valence-electron chi connectivity index (χ3n) is 7.46. The summed E-state index contributed by atoms with van der Waals surface area (Å²) in [6.45, 7) is 8.23. The number of halogens is 1. The smallest absolute Gasteiger partial charge is 0.224 e. The van der Waals surface area contributed by atoms with Crippen LogP contribution in [0.25, 0.3) is 10.9 Å². The minimum Gasteiger partial charge on any atom is -0.493 e. The van der Waals surface area contributed by atoms with Gasteiger partial charge in [-0.25, -0.2) is 4.98 Å². The van der Waals surface area contributed by atoms with E-state index in [1.54, 1.807) is 7.11 Å². The Morgan fingerprint density at radius 2 is 1.70 bits per heavy atom.